The fourth-order valence-corrected chi connectivity index (χ4v) is 3.76. The Morgan fingerprint density at radius 1 is 1.21 bits per heavy atom. The number of rotatable bonds is 1. The number of para-hydroxylation sites is 1. The van der Waals surface area contributed by atoms with Crippen LogP contribution in [0, 0.1) is 5.92 Å². The van der Waals surface area contributed by atoms with E-state index < -0.39 is 23.2 Å². The van der Waals surface area contributed by atoms with Crippen molar-refractivity contribution in [3.8, 4) is 0 Å². The minimum absolute atomic E-state index is 0.265. The van der Waals surface area contributed by atoms with Crippen molar-refractivity contribution in [2.24, 2.45) is 5.92 Å². The highest BCUT2D eigenvalue weighted by molar-refractivity contribution is 6.18. The van der Waals surface area contributed by atoms with Crippen molar-refractivity contribution in [1.29, 1.82) is 0 Å². The number of ketones is 1. The maximum atomic E-state index is 13.0. The second kappa shape index (κ2) is 5.88. The summed E-state index contributed by atoms with van der Waals surface area (Å²) in [7, 11) is 0. The van der Waals surface area contributed by atoms with Gasteiger partial charge >= 0.3 is 6.09 Å². The minimum Gasteiger partial charge on any atom is -0.443 e. The van der Waals surface area contributed by atoms with Gasteiger partial charge in [0.15, 0.2) is 0 Å². The Hall–Kier alpha value is -1.88. The van der Waals surface area contributed by atoms with E-state index in [0.717, 1.165) is 32.1 Å². The smallest absolute Gasteiger partial charge is 0.417 e. The minimum atomic E-state index is -1.84. The predicted octanol–water partition coefficient (Wildman–Crippen LogP) is 3.89. The molecule has 130 valence electrons. The lowest BCUT2D eigenvalue weighted by atomic mass is 9.79. The number of nitrogens with zero attached hydrogens (tertiary/aromatic N) is 1. The van der Waals surface area contributed by atoms with Crippen LogP contribution in [0.3, 0.4) is 0 Å². The Balaban J connectivity index is 2.05. The molecule has 2 aliphatic rings. The van der Waals surface area contributed by atoms with Crippen molar-refractivity contribution in [1.82, 2.24) is 0 Å². The fraction of sp³-hybridized carbons (Fsp3) is 0.579. The van der Waals surface area contributed by atoms with Crippen molar-refractivity contribution in [2.75, 3.05) is 4.90 Å². The quantitative estimate of drug-likeness (QED) is 0.847. The Morgan fingerprint density at radius 3 is 2.46 bits per heavy atom. The first-order valence-electron chi connectivity index (χ1n) is 8.64. The average molecular weight is 331 g/mol. The van der Waals surface area contributed by atoms with Crippen LogP contribution in [0.25, 0.3) is 0 Å². The lowest BCUT2D eigenvalue weighted by molar-refractivity contribution is -0.0191. The molecule has 0 aromatic heterocycles. The molecule has 1 aliphatic heterocycles. The summed E-state index contributed by atoms with van der Waals surface area (Å²) < 4.78 is 5.49. The normalized spacial score (nSPS) is 24.8. The lowest BCUT2D eigenvalue weighted by Crippen LogP contribution is -2.59. The van der Waals surface area contributed by atoms with E-state index in [1.165, 1.54) is 4.90 Å². The van der Waals surface area contributed by atoms with Crippen LogP contribution < -0.4 is 4.90 Å². The molecule has 5 nitrogen and oxygen atoms in total. The third kappa shape index (κ3) is 2.71. The highest BCUT2D eigenvalue weighted by Crippen LogP contribution is 2.46. The molecule has 0 bridgehead atoms. The third-order valence-electron chi connectivity index (χ3n) is 4.82. The second-order valence-corrected chi connectivity index (χ2v) is 7.72. The molecule has 1 atom stereocenters. The summed E-state index contributed by atoms with van der Waals surface area (Å²) in [5.41, 5.74) is -1.72. The topological polar surface area (TPSA) is 66.8 Å². The predicted molar refractivity (Wildman–Crippen MR) is 91.0 cm³/mol. The molecule has 1 aromatic rings. The molecule has 5 heteroatoms. The summed E-state index contributed by atoms with van der Waals surface area (Å²) in [4.78, 5) is 27.0. The molecule has 0 radical (unpaired) electrons. The number of carbonyl (C=O) groups is 2. The number of anilines is 1. The summed E-state index contributed by atoms with van der Waals surface area (Å²) in [5.74, 6) is -0.658. The summed E-state index contributed by atoms with van der Waals surface area (Å²) in [6.07, 6.45) is 3.80. The van der Waals surface area contributed by atoms with Gasteiger partial charge in [0.2, 0.25) is 11.5 Å². The molecule has 0 saturated heterocycles. The van der Waals surface area contributed by atoms with E-state index in [-0.39, 0.29) is 5.92 Å². The van der Waals surface area contributed by atoms with Gasteiger partial charge in [0.25, 0.3) is 0 Å². The molecule has 1 saturated carbocycles. The third-order valence-corrected chi connectivity index (χ3v) is 4.82. The van der Waals surface area contributed by atoms with Crippen LogP contribution >= 0.6 is 0 Å². The van der Waals surface area contributed by atoms with Crippen LogP contribution in [-0.4, -0.2) is 28.3 Å². The van der Waals surface area contributed by atoms with Crippen LogP contribution in [0.1, 0.15) is 63.2 Å². The number of fused-ring (bicyclic) bond motifs is 1. The van der Waals surface area contributed by atoms with Crippen LogP contribution in [0.2, 0.25) is 0 Å². The number of hydrogen-bond donors (Lipinski definition) is 1. The highest BCUT2D eigenvalue weighted by Gasteiger charge is 2.58. The Morgan fingerprint density at radius 2 is 1.83 bits per heavy atom. The fourth-order valence-electron chi connectivity index (χ4n) is 3.76. The highest BCUT2D eigenvalue weighted by atomic mass is 16.6. The van der Waals surface area contributed by atoms with Crippen molar-refractivity contribution < 1.29 is 19.4 Å². The van der Waals surface area contributed by atoms with Gasteiger partial charge in [-0.3, -0.25) is 4.79 Å². The molecule has 3 rings (SSSR count). The SMILES string of the molecule is CC(C)(C)OC(=O)N1c2ccccc2C(=O)C1(O)C1CCCCC1. The van der Waals surface area contributed by atoms with Crippen LogP contribution in [0.5, 0.6) is 0 Å². The molecular weight excluding hydrogens is 306 g/mol. The van der Waals surface area contributed by atoms with Gasteiger partial charge in [-0.15, -0.1) is 0 Å². The first kappa shape index (κ1) is 17.0. The first-order chi connectivity index (χ1) is 11.2. The van der Waals surface area contributed by atoms with Gasteiger partial charge in [-0.25, -0.2) is 9.69 Å². The Labute approximate surface area is 142 Å². The number of aliphatic hydroxyl groups is 1. The van der Waals surface area contributed by atoms with Gasteiger partial charge in [-0.05, 0) is 45.7 Å². The molecule has 1 N–H and O–H groups in total. The van der Waals surface area contributed by atoms with E-state index in [1.807, 2.05) is 0 Å². The number of hydrogen-bond acceptors (Lipinski definition) is 4. The maximum absolute atomic E-state index is 13.0. The van der Waals surface area contributed by atoms with Crippen molar-refractivity contribution in [3.63, 3.8) is 0 Å². The molecule has 1 amide bonds. The first-order valence-corrected chi connectivity index (χ1v) is 8.64. The Kier molecular flexibility index (Phi) is 4.16. The van der Waals surface area contributed by atoms with E-state index in [0.29, 0.717) is 11.3 Å². The standard InChI is InChI=1S/C19H25NO4/c1-18(2,3)24-17(22)20-15-12-8-7-11-14(15)16(21)19(20,23)13-9-5-4-6-10-13/h7-8,11-13,23H,4-6,9-10H2,1-3H3. The van der Waals surface area contributed by atoms with E-state index in [9.17, 15) is 14.7 Å². The summed E-state index contributed by atoms with van der Waals surface area (Å²) in [5, 5.41) is 11.4. The summed E-state index contributed by atoms with van der Waals surface area (Å²) in [6.45, 7) is 5.32. The lowest BCUT2D eigenvalue weighted by Gasteiger charge is -2.40. The molecule has 1 unspecified atom stereocenters. The van der Waals surface area contributed by atoms with Gasteiger partial charge in [-0.1, -0.05) is 31.4 Å². The number of ether oxygens (including phenoxy) is 1. The molecule has 1 aromatic carbocycles. The molecule has 1 aliphatic carbocycles. The van der Waals surface area contributed by atoms with Crippen molar-refractivity contribution >= 4 is 17.6 Å². The van der Waals surface area contributed by atoms with Gasteiger partial charge in [0, 0.05) is 11.5 Å². The van der Waals surface area contributed by atoms with Crippen molar-refractivity contribution in [3.05, 3.63) is 29.8 Å². The molecule has 1 fully saturated rings. The average Bonchev–Trinajstić information content (AvgIpc) is 2.76. The number of Topliss-reactive ketones (excluding diaryl/α,β-unsaturated/α-hetero) is 1. The number of amides is 1. The molecular formula is C19H25NO4. The maximum Gasteiger partial charge on any atom is 0.417 e. The van der Waals surface area contributed by atoms with E-state index >= 15 is 0 Å². The second-order valence-electron chi connectivity index (χ2n) is 7.72. The van der Waals surface area contributed by atoms with Crippen molar-refractivity contribution in [2.45, 2.75) is 64.2 Å². The zero-order valence-electron chi connectivity index (χ0n) is 14.5. The van der Waals surface area contributed by atoms with Crippen LogP contribution in [0.15, 0.2) is 24.3 Å². The summed E-state index contributed by atoms with van der Waals surface area (Å²) in [6, 6.07) is 6.86. The monoisotopic (exact) mass is 331 g/mol. The van der Waals surface area contributed by atoms with E-state index in [1.54, 1.807) is 45.0 Å². The molecule has 24 heavy (non-hydrogen) atoms. The zero-order valence-corrected chi connectivity index (χ0v) is 14.5. The molecule has 0 spiro atoms. The largest absolute Gasteiger partial charge is 0.443 e. The van der Waals surface area contributed by atoms with E-state index in [2.05, 4.69) is 0 Å². The van der Waals surface area contributed by atoms with Gasteiger partial charge < -0.3 is 9.84 Å². The number of carbonyl (C=O) groups excluding carboxylic acids is 2. The van der Waals surface area contributed by atoms with Gasteiger partial charge in [0.1, 0.15) is 5.60 Å². The van der Waals surface area contributed by atoms with Gasteiger partial charge in [-0.2, -0.15) is 0 Å². The van der Waals surface area contributed by atoms with E-state index in [4.69, 9.17) is 4.74 Å². The zero-order chi connectivity index (χ0) is 17.5. The van der Waals surface area contributed by atoms with Gasteiger partial charge in [0.05, 0.1) is 5.69 Å². The summed E-state index contributed by atoms with van der Waals surface area (Å²) >= 11 is 0. The van der Waals surface area contributed by atoms with Crippen LogP contribution in [0.4, 0.5) is 10.5 Å². The van der Waals surface area contributed by atoms with Crippen LogP contribution in [-0.2, 0) is 4.74 Å². The molecule has 1 heterocycles. The number of benzene rings is 1. The Bertz CT molecular complexity index is 658.